The van der Waals surface area contributed by atoms with Gasteiger partial charge in [-0.2, -0.15) is 0 Å². The van der Waals surface area contributed by atoms with Gasteiger partial charge in [0, 0.05) is 36.6 Å². The largest absolute Gasteiger partial charge is 0.352 e. The summed E-state index contributed by atoms with van der Waals surface area (Å²) in [5.41, 5.74) is -0.422. The van der Waals surface area contributed by atoms with Crippen molar-refractivity contribution in [2.45, 2.75) is 11.3 Å². The van der Waals surface area contributed by atoms with E-state index < -0.39 is 38.0 Å². The van der Waals surface area contributed by atoms with Crippen LogP contribution in [0.3, 0.4) is 0 Å². The molecule has 0 saturated carbocycles. The Hall–Kier alpha value is -2.88. The van der Waals surface area contributed by atoms with Crippen LogP contribution in [0.2, 0.25) is 0 Å². The zero-order valence-corrected chi connectivity index (χ0v) is 14.3. The van der Waals surface area contributed by atoms with Crippen molar-refractivity contribution >= 4 is 21.4 Å². The Morgan fingerprint density at radius 2 is 1.73 bits per heavy atom. The minimum atomic E-state index is -3.76. The number of nitrogens with zero attached hydrogens (tertiary/aromatic N) is 1. The van der Waals surface area contributed by atoms with E-state index in [1.807, 2.05) is 0 Å². The summed E-state index contributed by atoms with van der Waals surface area (Å²) in [5.74, 6) is -2.24. The van der Waals surface area contributed by atoms with E-state index in [1.165, 1.54) is 0 Å². The molecule has 0 fully saturated rings. The lowest BCUT2D eigenvalue weighted by Crippen LogP contribution is -2.26. The first kappa shape index (κ1) is 19.4. The van der Waals surface area contributed by atoms with Crippen molar-refractivity contribution in [2.75, 3.05) is 12.8 Å². The smallest absolute Gasteiger partial charge is 0.271 e. The highest BCUT2D eigenvalue weighted by molar-refractivity contribution is 7.90. The highest BCUT2D eigenvalue weighted by Crippen LogP contribution is 2.21. The minimum absolute atomic E-state index is 0.00136. The summed E-state index contributed by atoms with van der Waals surface area (Å²) in [7, 11) is -3.76. The average molecular weight is 384 g/mol. The summed E-state index contributed by atoms with van der Waals surface area (Å²) in [6.45, 7) is -0.00136. The van der Waals surface area contributed by atoms with Gasteiger partial charge in [0.2, 0.25) is 0 Å². The van der Waals surface area contributed by atoms with Crippen molar-refractivity contribution in [2.24, 2.45) is 0 Å². The number of nitro benzene ring substituents is 1. The maximum absolute atomic E-state index is 13.1. The van der Waals surface area contributed by atoms with Crippen LogP contribution < -0.4 is 5.32 Å². The molecule has 0 heterocycles. The zero-order chi connectivity index (χ0) is 19.5. The molecule has 2 rings (SSSR count). The molecule has 0 aliphatic rings. The number of benzene rings is 2. The summed E-state index contributed by atoms with van der Waals surface area (Å²) in [5, 5.41) is 13.4. The van der Waals surface area contributed by atoms with Crippen LogP contribution in [0.5, 0.6) is 0 Å². The van der Waals surface area contributed by atoms with Crippen LogP contribution in [0.15, 0.2) is 41.3 Å². The highest BCUT2D eigenvalue weighted by atomic mass is 32.2. The Morgan fingerprint density at radius 1 is 1.12 bits per heavy atom. The maximum atomic E-state index is 13.1. The molecule has 0 aromatic heterocycles. The summed E-state index contributed by atoms with van der Waals surface area (Å²) in [4.78, 5) is 21.9. The van der Waals surface area contributed by atoms with Gasteiger partial charge in [-0.25, -0.2) is 17.2 Å². The third-order valence-electron chi connectivity index (χ3n) is 3.41. The van der Waals surface area contributed by atoms with Gasteiger partial charge in [0.25, 0.3) is 11.6 Å². The van der Waals surface area contributed by atoms with E-state index in [4.69, 9.17) is 0 Å². The molecule has 26 heavy (non-hydrogen) atoms. The SMILES string of the molecule is CS(=O)(=O)c1cc(C(=O)NCCc2cc(F)cc(F)c2)cc([N+](=O)[O-])c1. The van der Waals surface area contributed by atoms with Crippen LogP contribution >= 0.6 is 0 Å². The standard InChI is InChI=1S/C16H14F2N2O5S/c1-26(24,25)15-7-11(6-14(9-15)20(22)23)16(21)19-3-2-10-4-12(17)8-13(18)5-10/h4-9H,2-3H2,1H3,(H,19,21). The van der Waals surface area contributed by atoms with E-state index in [9.17, 15) is 32.1 Å². The molecular weight excluding hydrogens is 370 g/mol. The Bertz CT molecular complexity index is 956. The molecule has 0 spiro atoms. The van der Waals surface area contributed by atoms with E-state index in [0.29, 0.717) is 5.56 Å². The lowest BCUT2D eigenvalue weighted by molar-refractivity contribution is -0.385. The molecule has 0 saturated heterocycles. The fourth-order valence-electron chi connectivity index (χ4n) is 2.21. The second-order valence-corrected chi connectivity index (χ2v) is 7.54. The lowest BCUT2D eigenvalue weighted by atomic mass is 10.1. The molecule has 0 aliphatic heterocycles. The molecule has 0 aliphatic carbocycles. The molecule has 1 amide bonds. The number of rotatable bonds is 6. The van der Waals surface area contributed by atoms with E-state index in [0.717, 1.165) is 42.7 Å². The average Bonchev–Trinajstić information content (AvgIpc) is 2.52. The molecule has 1 N–H and O–H groups in total. The summed E-state index contributed by atoms with van der Waals surface area (Å²) < 4.78 is 49.5. The van der Waals surface area contributed by atoms with E-state index in [2.05, 4.69) is 5.32 Å². The number of amides is 1. The summed E-state index contributed by atoms with van der Waals surface area (Å²) in [6, 6.07) is 5.79. The third kappa shape index (κ3) is 5.06. The normalized spacial score (nSPS) is 11.2. The Labute approximate surface area is 147 Å². The monoisotopic (exact) mass is 384 g/mol. The van der Waals surface area contributed by atoms with Gasteiger partial charge in [0.05, 0.1) is 9.82 Å². The molecule has 138 valence electrons. The number of sulfone groups is 1. The van der Waals surface area contributed by atoms with E-state index in [-0.39, 0.29) is 23.4 Å². The van der Waals surface area contributed by atoms with Crippen LogP contribution in [0.1, 0.15) is 15.9 Å². The van der Waals surface area contributed by atoms with Crippen LogP contribution in [0.4, 0.5) is 14.5 Å². The second kappa shape index (κ2) is 7.56. The van der Waals surface area contributed by atoms with Crippen LogP contribution in [-0.4, -0.2) is 32.0 Å². The first-order valence-corrected chi connectivity index (χ1v) is 9.18. The first-order chi connectivity index (χ1) is 12.1. The second-order valence-electron chi connectivity index (χ2n) is 5.53. The van der Waals surface area contributed by atoms with Crippen molar-refractivity contribution in [3.8, 4) is 0 Å². The number of halogens is 2. The van der Waals surface area contributed by atoms with Crippen LogP contribution in [-0.2, 0) is 16.3 Å². The lowest BCUT2D eigenvalue weighted by Gasteiger charge is -2.07. The highest BCUT2D eigenvalue weighted by Gasteiger charge is 2.19. The van der Waals surface area contributed by atoms with Gasteiger partial charge in [-0.3, -0.25) is 14.9 Å². The van der Waals surface area contributed by atoms with E-state index in [1.54, 1.807) is 0 Å². The third-order valence-corrected chi connectivity index (χ3v) is 4.51. The fourth-order valence-corrected chi connectivity index (χ4v) is 2.89. The predicted molar refractivity (Wildman–Crippen MR) is 88.6 cm³/mol. The van der Waals surface area contributed by atoms with Gasteiger partial charge in [-0.1, -0.05) is 0 Å². The van der Waals surface area contributed by atoms with Gasteiger partial charge in [-0.15, -0.1) is 0 Å². The topological polar surface area (TPSA) is 106 Å². The van der Waals surface area contributed by atoms with Gasteiger partial charge >= 0.3 is 0 Å². The summed E-state index contributed by atoms with van der Waals surface area (Å²) in [6.07, 6.45) is 0.987. The first-order valence-electron chi connectivity index (χ1n) is 7.29. The molecule has 0 radical (unpaired) electrons. The van der Waals surface area contributed by atoms with Crippen LogP contribution in [0.25, 0.3) is 0 Å². The number of non-ortho nitro benzene ring substituents is 1. The Morgan fingerprint density at radius 3 is 2.27 bits per heavy atom. The van der Waals surface area contributed by atoms with Crippen molar-refractivity contribution < 1.29 is 26.9 Å². The fraction of sp³-hybridized carbons (Fsp3) is 0.188. The molecular formula is C16H14F2N2O5S. The number of hydrogen-bond acceptors (Lipinski definition) is 5. The summed E-state index contributed by atoms with van der Waals surface area (Å²) >= 11 is 0. The van der Waals surface area contributed by atoms with Crippen molar-refractivity contribution in [1.29, 1.82) is 0 Å². The van der Waals surface area contributed by atoms with E-state index >= 15 is 0 Å². The molecule has 0 atom stereocenters. The van der Waals surface area contributed by atoms with Crippen molar-refractivity contribution in [3.63, 3.8) is 0 Å². The van der Waals surface area contributed by atoms with Crippen molar-refractivity contribution in [1.82, 2.24) is 5.32 Å². The predicted octanol–water partition coefficient (Wildman–Crippen LogP) is 2.25. The molecule has 0 bridgehead atoms. The molecule has 2 aromatic rings. The van der Waals surface area contributed by atoms with Crippen LogP contribution in [0, 0.1) is 21.7 Å². The van der Waals surface area contributed by atoms with Gasteiger partial charge < -0.3 is 5.32 Å². The minimum Gasteiger partial charge on any atom is -0.352 e. The van der Waals surface area contributed by atoms with Gasteiger partial charge in [0.1, 0.15) is 11.6 Å². The number of nitro groups is 1. The number of carbonyl (C=O) groups is 1. The Kier molecular flexibility index (Phi) is 5.66. The zero-order valence-electron chi connectivity index (χ0n) is 13.5. The molecule has 0 unspecified atom stereocenters. The molecule has 10 heteroatoms. The maximum Gasteiger partial charge on any atom is 0.271 e. The number of nitrogens with one attached hydrogen (secondary N) is 1. The number of hydrogen-bond donors (Lipinski definition) is 1. The molecule has 7 nitrogen and oxygen atoms in total. The van der Waals surface area contributed by atoms with Gasteiger partial charge in [-0.05, 0) is 30.2 Å². The molecule has 2 aromatic carbocycles. The van der Waals surface area contributed by atoms with Crippen molar-refractivity contribution in [3.05, 3.63) is 69.3 Å². The van der Waals surface area contributed by atoms with Gasteiger partial charge in [0.15, 0.2) is 9.84 Å². The Balaban J connectivity index is 2.16. The number of carbonyl (C=O) groups excluding carboxylic acids is 1. The quantitative estimate of drug-likeness (QED) is 0.607.